The van der Waals surface area contributed by atoms with Crippen LogP contribution in [0, 0.1) is 6.92 Å². The minimum Gasteiger partial charge on any atom is -0.479 e. The fourth-order valence-electron chi connectivity index (χ4n) is 4.28. The van der Waals surface area contributed by atoms with Crippen molar-refractivity contribution in [3.8, 4) is 5.75 Å². The predicted octanol–water partition coefficient (Wildman–Crippen LogP) is 2.92. The SMILES string of the molecule is CCN(C(=O)[C@@H]1CCCN1S(=O)(=O)c1cc2c(cc1C)NC(=O)[C@@H](C)O2)c1ccccc1. The Morgan fingerprint density at radius 3 is 2.66 bits per heavy atom. The number of benzene rings is 2. The Kier molecular flexibility index (Phi) is 5.96. The van der Waals surface area contributed by atoms with Crippen molar-refractivity contribution in [2.75, 3.05) is 23.3 Å². The largest absolute Gasteiger partial charge is 0.479 e. The molecule has 0 unspecified atom stereocenters. The Morgan fingerprint density at radius 1 is 1.25 bits per heavy atom. The van der Waals surface area contributed by atoms with Crippen molar-refractivity contribution in [2.24, 2.45) is 0 Å². The van der Waals surface area contributed by atoms with Crippen molar-refractivity contribution in [1.29, 1.82) is 0 Å². The number of carbonyl (C=O) groups is 2. The number of aryl methyl sites for hydroxylation is 1. The van der Waals surface area contributed by atoms with E-state index in [1.54, 1.807) is 24.8 Å². The minimum absolute atomic E-state index is 0.0852. The maximum Gasteiger partial charge on any atom is 0.265 e. The zero-order valence-corrected chi connectivity index (χ0v) is 19.2. The van der Waals surface area contributed by atoms with Crippen LogP contribution in [0.1, 0.15) is 32.3 Å². The van der Waals surface area contributed by atoms with E-state index in [1.807, 2.05) is 37.3 Å². The molecule has 9 heteroatoms. The molecule has 2 aliphatic heterocycles. The first kappa shape index (κ1) is 22.3. The highest BCUT2D eigenvalue weighted by Gasteiger charge is 2.42. The van der Waals surface area contributed by atoms with Gasteiger partial charge in [-0.05, 0) is 57.4 Å². The van der Waals surface area contributed by atoms with Gasteiger partial charge in [-0.2, -0.15) is 4.31 Å². The van der Waals surface area contributed by atoms with Crippen LogP contribution in [0.3, 0.4) is 0 Å². The second kappa shape index (κ2) is 8.55. The highest BCUT2D eigenvalue weighted by molar-refractivity contribution is 7.89. The molecule has 170 valence electrons. The number of fused-ring (bicyclic) bond motifs is 1. The lowest BCUT2D eigenvalue weighted by Gasteiger charge is -2.30. The number of rotatable bonds is 5. The Hall–Kier alpha value is -2.91. The number of amides is 2. The summed E-state index contributed by atoms with van der Waals surface area (Å²) in [5.41, 5.74) is 1.67. The predicted molar refractivity (Wildman–Crippen MR) is 121 cm³/mol. The van der Waals surface area contributed by atoms with Crippen molar-refractivity contribution in [2.45, 2.75) is 50.7 Å². The summed E-state index contributed by atoms with van der Waals surface area (Å²) in [6.07, 6.45) is 0.357. The van der Waals surface area contributed by atoms with Crippen LogP contribution in [0.4, 0.5) is 11.4 Å². The standard InChI is InChI=1S/C23H27N3O5S/c1-4-25(17-9-6-5-7-10-17)23(28)19-11-8-12-26(19)32(29,30)21-14-20-18(13-15(21)2)24-22(27)16(3)31-20/h5-7,9-10,13-14,16,19H,4,8,11-12H2,1-3H3,(H,24,27)/t16-,19+/m1/s1. The van der Waals surface area contributed by atoms with Gasteiger partial charge in [-0.15, -0.1) is 0 Å². The van der Waals surface area contributed by atoms with Crippen LogP contribution in [-0.4, -0.2) is 49.8 Å². The zero-order chi connectivity index (χ0) is 23.0. The monoisotopic (exact) mass is 457 g/mol. The molecular formula is C23H27N3O5S. The van der Waals surface area contributed by atoms with Gasteiger partial charge >= 0.3 is 0 Å². The number of ether oxygens (including phenoxy) is 1. The van der Waals surface area contributed by atoms with Gasteiger partial charge < -0.3 is 15.0 Å². The second-order valence-electron chi connectivity index (χ2n) is 8.06. The molecule has 0 spiro atoms. The quantitative estimate of drug-likeness (QED) is 0.745. The molecule has 32 heavy (non-hydrogen) atoms. The molecule has 2 aromatic rings. The lowest BCUT2D eigenvalue weighted by Crippen LogP contribution is -2.48. The molecule has 0 aliphatic carbocycles. The molecule has 1 fully saturated rings. The average molecular weight is 458 g/mol. The topological polar surface area (TPSA) is 96.0 Å². The summed E-state index contributed by atoms with van der Waals surface area (Å²) in [6.45, 7) is 5.86. The van der Waals surface area contributed by atoms with E-state index in [0.717, 1.165) is 5.69 Å². The Balaban J connectivity index is 1.67. The van der Waals surface area contributed by atoms with E-state index >= 15 is 0 Å². The molecule has 4 rings (SSSR count). The van der Waals surface area contributed by atoms with E-state index in [-0.39, 0.29) is 23.3 Å². The minimum atomic E-state index is -3.96. The lowest BCUT2D eigenvalue weighted by atomic mass is 10.1. The molecule has 1 saturated heterocycles. The van der Waals surface area contributed by atoms with Crippen LogP contribution in [0.2, 0.25) is 0 Å². The van der Waals surface area contributed by atoms with Crippen molar-refractivity contribution in [1.82, 2.24) is 4.31 Å². The van der Waals surface area contributed by atoms with Crippen molar-refractivity contribution in [3.63, 3.8) is 0 Å². The van der Waals surface area contributed by atoms with E-state index in [0.29, 0.717) is 36.4 Å². The number of sulfonamides is 1. The van der Waals surface area contributed by atoms with Crippen LogP contribution in [-0.2, 0) is 19.6 Å². The zero-order valence-electron chi connectivity index (χ0n) is 18.4. The van der Waals surface area contributed by atoms with Crippen LogP contribution in [0.15, 0.2) is 47.4 Å². The third-order valence-electron chi connectivity index (χ3n) is 5.93. The van der Waals surface area contributed by atoms with Crippen molar-refractivity contribution >= 4 is 33.2 Å². The highest BCUT2D eigenvalue weighted by Crippen LogP contribution is 2.37. The number of hydrogen-bond donors (Lipinski definition) is 1. The number of likely N-dealkylation sites (N-methyl/N-ethyl adjacent to an activating group) is 1. The van der Waals surface area contributed by atoms with Gasteiger partial charge in [0.15, 0.2) is 6.10 Å². The summed E-state index contributed by atoms with van der Waals surface area (Å²) in [4.78, 5) is 27.0. The molecule has 2 amide bonds. The first-order valence-corrected chi connectivity index (χ1v) is 12.2. The Morgan fingerprint density at radius 2 is 1.97 bits per heavy atom. The smallest absolute Gasteiger partial charge is 0.265 e. The second-order valence-corrected chi connectivity index (χ2v) is 9.91. The van der Waals surface area contributed by atoms with Crippen molar-refractivity contribution < 1.29 is 22.7 Å². The van der Waals surface area contributed by atoms with E-state index in [1.165, 1.54) is 10.4 Å². The molecule has 1 N–H and O–H groups in total. The maximum atomic E-state index is 13.7. The van der Waals surface area contributed by atoms with Gasteiger partial charge in [-0.25, -0.2) is 8.42 Å². The van der Waals surface area contributed by atoms with Crippen molar-refractivity contribution in [3.05, 3.63) is 48.0 Å². The number of hydrogen-bond acceptors (Lipinski definition) is 5. The molecule has 2 aromatic carbocycles. The third kappa shape index (κ3) is 3.86. The van der Waals surface area contributed by atoms with E-state index in [4.69, 9.17) is 4.74 Å². The molecule has 0 aromatic heterocycles. The maximum absolute atomic E-state index is 13.7. The summed E-state index contributed by atoms with van der Waals surface area (Å²) in [5, 5.41) is 2.73. The first-order chi connectivity index (χ1) is 15.2. The van der Waals surface area contributed by atoms with Crippen LogP contribution >= 0.6 is 0 Å². The van der Waals surface area contributed by atoms with Gasteiger partial charge in [-0.3, -0.25) is 9.59 Å². The van der Waals surface area contributed by atoms with Gasteiger partial charge in [-0.1, -0.05) is 18.2 Å². The fraction of sp³-hybridized carbons (Fsp3) is 0.391. The molecule has 2 atom stereocenters. The van der Waals surface area contributed by atoms with Gasteiger partial charge in [0.05, 0.1) is 10.6 Å². The number of nitrogens with one attached hydrogen (secondary N) is 1. The van der Waals surface area contributed by atoms with Gasteiger partial charge in [0, 0.05) is 24.8 Å². The van der Waals surface area contributed by atoms with Gasteiger partial charge in [0.1, 0.15) is 11.8 Å². The summed E-state index contributed by atoms with van der Waals surface area (Å²) in [6, 6.07) is 11.5. The first-order valence-electron chi connectivity index (χ1n) is 10.7. The van der Waals surface area contributed by atoms with E-state index < -0.39 is 22.2 Å². The molecule has 0 bridgehead atoms. The van der Waals surface area contributed by atoms with E-state index in [9.17, 15) is 18.0 Å². The molecule has 8 nitrogen and oxygen atoms in total. The summed E-state index contributed by atoms with van der Waals surface area (Å²) >= 11 is 0. The Bertz CT molecular complexity index is 1150. The Labute approximate surface area is 188 Å². The summed E-state index contributed by atoms with van der Waals surface area (Å²) in [7, 11) is -3.96. The average Bonchev–Trinajstić information content (AvgIpc) is 3.27. The molecule has 2 heterocycles. The van der Waals surface area contributed by atoms with E-state index in [2.05, 4.69) is 5.32 Å². The van der Waals surface area contributed by atoms with Crippen LogP contribution < -0.4 is 15.0 Å². The number of para-hydroxylation sites is 1. The van der Waals surface area contributed by atoms with Crippen LogP contribution in [0.5, 0.6) is 5.75 Å². The fourth-order valence-corrected chi connectivity index (χ4v) is 6.15. The molecule has 0 saturated carbocycles. The summed E-state index contributed by atoms with van der Waals surface area (Å²) in [5.74, 6) is -0.200. The molecule has 2 aliphatic rings. The lowest BCUT2D eigenvalue weighted by molar-refractivity contribution is -0.123. The summed E-state index contributed by atoms with van der Waals surface area (Å²) < 4.78 is 34.2. The van der Waals surface area contributed by atoms with Gasteiger partial charge in [0.25, 0.3) is 5.91 Å². The number of nitrogens with zero attached hydrogens (tertiary/aromatic N) is 2. The number of carbonyl (C=O) groups excluding carboxylic acids is 2. The van der Waals surface area contributed by atoms with Gasteiger partial charge in [0.2, 0.25) is 15.9 Å². The normalized spacial score (nSPS) is 20.9. The highest BCUT2D eigenvalue weighted by atomic mass is 32.2. The molecular weight excluding hydrogens is 430 g/mol. The van der Waals surface area contributed by atoms with Crippen LogP contribution in [0.25, 0.3) is 0 Å². The molecule has 0 radical (unpaired) electrons. The third-order valence-corrected chi connectivity index (χ3v) is 7.98. The number of anilines is 2.